The second-order valence-corrected chi connectivity index (χ2v) is 11.3. The molecule has 2 aliphatic rings. The number of hydrogen-bond donors (Lipinski definition) is 0. The first-order valence-electron chi connectivity index (χ1n) is 9.04. The summed E-state index contributed by atoms with van der Waals surface area (Å²) in [6, 6.07) is 0.610. The van der Waals surface area contributed by atoms with Gasteiger partial charge in [0.05, 0.1) is 19.8 Å². The van der Waals surface area contributed by atoms with Crippen LogP contribution in [0.15, 0.2) is 0 Å². The summed E-state index contributed by atoms with van der Waals surface area (Å²) in [5.41, 5.74) is 0.0845. The topological polar surface area (TPSA) is 42.0 Å². The van der Waals surface area contributed by atoms with E-state index in [1.807, 2.05) is 13.8 Å². The minimum Gasteiger partial charge on any atom is -0.379 e. The molecular weight excluding hydrogens is 311 g/mol. The van der Waals surface area contributed by atoms with Gasteiger partial charge in [0.1, 0.15) is 0 Å². The van der Waals surface area contributed by atoms with Crippen LogP contribution in [0.5, 0.6) is 0 Å². The fourth-order valence-corrected chi connectivity index (χ4v) is 5.76. The molecule has 0 saturated carbocycles. The molecule has 0 bridgehead atoms. The molecule has 23 heavy (non-hydrogen) atoms. The number of nitrogens with zero attached hydrogens (tertiary/aromatic N) is 2. The van der Waals surface area contributed by atoms with Gasteiger partial charge in [0, 0.05) is 37.9 Å². The molecule has 0 radical (unpaired) electrons. The Morgan fingerprint density at radius 3 is 2.17 bits per heavy atom. The van der Waals surface area contributed by atoms with Crippen molar-refractivity contribution < 1.29 is 13.8 Å². The Morgan fingerprint density at radius 2 is 1.70 bits per heavy atom. The van der Waals surface area contributed by atoms with Crippen LogP contribution in [-0.4, -0.2) is 67.3 Å². The maximum Gasteiger partial charge on any atom is 0.274 e. The molecule has 1 unspecified atom stereocenters. The van der Waals surface area contributed by atoms with E-state index in [4.69, 9.17) is 9.26 Å². The summed E-state index contributed by atoms with van der Waals surface area (Å²) in [5.74, 6) is 0. The quantitative estimate of drug-likeness (QED) is 0.713. The molecule has 2 aliphatic heterocycles. The highest BCUT2D eigenvalue weighted by Gasteiger charge is 2.39. The molecule has 0 N–H and O–H groups in total. The molecule has 0 aliphatic carbocycles. The van der Waals surface area contributed by atoms with E-state index in [0.717, 1.165) is 52.2 Å². The van der Waals surface area contributed by atoms with Gasteiger partial charge in [-0.15, -0.1) is 0 Å². The Balaban J connectivity index is 1.93. The number of rotatable bonds is 5. The maximum absolute atomic E-state index is 13.5. The van der Waals surface area contributed by atoms with Crippen LogP contribution >= 0.6 is 7.52 Å². The summed E-state index contributed by atoms with van der Waals surface area (Å²) in [4.78, 5) is 2.54. The smallest absolute Gasteiger partial charge is 0.274 e. The van der Waals surface area contributed by atoms with Crippen LogP contribution in [0.1, 0.15) is 47.5 Å². The molecule has 2 fully saturated rings. The van der Waals surface area contributed by atoms with Crippen molar-refractivity contribution in [3.63, 3.8) is 0 Å². The second-order valence-electron chi connectivity index (χ2n) is 8.33. The van der Waals surface area contributed by atoms with Crippen molar-refractivity contribution in [3.05, 3.63) is 0 Å². The third kappa shape index (κ3) is 5.27. The van der Waals surface area contributed by atoms with E-state index < -0.39 is 7.52 Å². The third-order valence-corrected chi connectivity index (χ3v) is 7.72. The minimum atomic E-state index is -2.74. The molecule has 136 valence electrons. The summed E-state index contributed by atoms with van der Waals surface area (Å²) >= 11 is 0. The second kappa shape index (κ2) is 7.97. The summed E-state index contributed by atoms with van der Waals surface area (Å²) in [5, 5.41) is 0. The van der Waals surface area contributed by atoms with Crippen molar-refractivity contribution in [2.75, 3.05) is 46.0 Å². The lowest BCUT2D eigenvalue weighted by Crippen LogP contribution is -2.48. The predicted octanol–water partition coefficient (Wildman–Crippen LogP) is 3.45. The molecule has 0 aromatic carbocycles. The molecule has 1 atom stereocenters. The van der Waals surface area contributed by atoms with Crippen LogP contribution in [0.25, 0.3) is 0 Å². The van der Waals surface area contributed by atoms with E-state index in [-0.39, 0.29) is 11.1 Å². The molecular formula is C17H35N2O3P. The summed E-state index contributed by atoms with van der Waals surface area (Å²) in [6.07, 6.45) is 2.16. The SMILES string of the molecule is CC(C)P(=O)(OCC(C)(C)C)N1CCC(N2CCOCC2)CC1. The summed E-state index contributed by atoms with van der Waals surface area (Å²) < 4.78 is 27.1. The van der Waals surface area contributed by atoms with E-state index in [1.165, 1.54) is 0 Å². The van der Waals surface area contributed by atoms with Gasteiger partial charge in [0.25, 0.3) is 7.52 Å². The highest BCUT2D eigenvalue weighted by Crippen LogP contribution is 2.56. The Kier molecular flexibility index (Phi) is 6.72. The molecule has 5 nitrogen and oxygen atoms in total. The lowest BCUT2D eigenvalue weighted by Gasteiger charge is -2.43. The minimum absolute atomic E-state index is 0.0384. The third-order valence-electron chi connectivity index (χ3n) is 4.73. The van der Waals surface area contributed by atoms with Crippen molar-refractivity contribution in [1.29, 1.82) is 0 Å². The standard InChI is InChI=1S/C17H35N2O3P/c1-15(2)23(20,22-14-17(3,4)5)19-8-6-16(7-9-19)18-10-12-21-13-11-18/h15-16H,6-14H2,1-5H3. The fraction of sp³-hybridized carbons (Fsp3) is 1.00. The van der Waals surface area contributed by atoms with Gasteiger partial charge in [-0.2, -0.15) is 0 Å². The average Bonchev–Trinajstić information content (AvgIpc) is 2.53. The molecule has 2 rings (SSSR count). The first kappa shape index (κ1) is 19.4. The van der Waals surface area contributed by atoms with Gasteiger partial charge >= 0.3 is 0 Å². The van der Waals surface area contributed by atoms with Crippen LogP contribution in [0.4, 0.5) is 0 Å². The van der Waals surface area contributed by atoms with Crippen LogP contribution < -0.4 is 0 Å². The van der Waals surface area contributed by atoms with Crippen LogP contribution in [-0.2, 0) is 13.8 Å². The van der Waals surface area contributed by atoms with Crippen molar-refractivity contribution in [1.82, 2.24) is 9.57 Å². The Bertz CT molecular complexity index is 409. The van der Waals surface area contributed by atoms with Gasteiger partial charge in [-0.25, -0.2) is 4.67 Å². The Morgan fingerprint density at radius 1 is 1.13 bits per heavy atom. The van der Waals surface area contributed by atoms with Crippen LogP contribution in [0, 0.1) is 5.41 Å². The van der Waals surface area contributed by atoms with Gasteiger partial charge in [-0.3, -0.25) is 9.46 Å². The zero-order valence-corrected chi connectivity index (χ0v) is 16.5. The fourth-order valence-electron chi connectivity index (χ4n) is 3.28. The van der Waals surface area contributed by atoms with Gasteiger partial charge in [0.15, 0.2) is 0 Å². The van der Waals surface area contributed by atoms with Crippen LogP contribution in [0.3, 0.4) is 0 Å². The number of hydrogen-bond acceptors (Lipinski definition) is 4. The molecule has 0 aromatic heterocycles. The van der Waals surface area contributed by atoms with Crippen molar-refractivity contribution in [3.8, 4) is 0 Å². The Labute approximate surface area is 142 Å². The van der Waals surface area contributed by atoms with Gasteiger partial charge < -0.3 is 9.26 Å². The molecule has 0 amide bonds. The molecule has 0 spiro atoms. The first-order chi connectivity index (χ1) is 10.7. The van der Waals surface area contributed by atoms with Crippen molar-refractivity contribution >= 4 is 7.52 Å². The zero-order chi connectivity index (χ0) is 17.1. The number of ether oxygens (including phenoxy) is 1. The normalized spacial score (nSPS) is 25.7. The van der Waals surface area contributed by atoms with Crippen molar-refractivity contribution in [2.24, 2.45) is 5.41 Å². The highest BCUT2D eigenvalue weighted by atomic mass is 31.2. The van der Waals surface area contributed by atoms with Crippen molar-refractivity contribution in [2.45, 2.75) is 59.2 Å². The van der Waals surface area contributed by atoms with E-state index in [0.29, 0.717) is 12.6 Å². The highest BCUT2D eigenvalue weighted by molar-refractivity contribution is 7.57. The predicted molar refractivity (Wildman–Crippen MR) is 95.1 cm³/mol. The summed E-state index contributed by atoms with van der Waals surface area (Å²) in [7, 11) is -2.74. The van der Waals surface area contributed by atoms with E-state index in [9.17, 15) is 4.57 Å². The number of morpholine rings is 1. The largest absolute Gasteiger partial charge is 0.379 e. The van der Waals surface area contributed by atoms with Crippen LogP contribution in [0.2, 0.25) is 0 Å². The summed E-state index contributed by atoms with van der Waals surface area (Å²) in [6.45, 7) is 16.5. The average molecular weight is 346 g/mol. The van der Waals surface area contributed by atoms with E-state index in [2.05, 4.69) is 30.3 Å². The molecule has 2 saturated heterocycles. The molecule has 6 heteroatoms. The lowest BCUT2D eigenvalue weighted by molar-refractivity contribution is 0.00494. The molecule has 0 aromatic rings. The van der Waals surface area contributed by atoms with E-state index in [1.54, 1.807) is 0 Å². The van der Waals surface area contributed by atoms with E-state index >= 15 is 0 Å². The lowest BCUT2D eigenvalue weighted by atomic mass is 9.99. The zero-order valence-electron chi connectivity index (χ0n) is 15.6. The first-order valence-corrected chi connectivity index (χ1v) is 10.7. The Hall–Kier alpha value is 0.0700. The van der Waals surface area contributed by atoms with Gasteiger partial charge in [-0.05, 0) is 18.3 Å². The number of piperidine rings is 1. The maximum atomic E-state index is 13.5. The molecule has 2 heterocycles. The monoisotopic (exact) mass is 346 g/mol. The van der Waals surface area contributed by atoms with Gasteiger partial charge in [0.2, 0.25) is 0 Å². The van der Waals surface area contributed by atoms with Gasteiger partial charge in [-0.1, -0.05) is 34.6 Å².